The Bertz CT molecular complexity index is 1260. The molecule has 0 spiro atoms. The van der Waals surface area contributed by atoms with Gasteiger partial charge < -0.3 is 15.9 Å². The quantitative estimate of drug-likeness (QED) is 0.379. The fraction of sp³-hybridized carbons (Fsp3) is 0.500. The number of hydrogen-bond acceptors (Lipinski definition) is 9. The third-order valence-electron chi connectivity index (χ3n) is 8.08. The molecule has 0 aliphatic heterocycles. The molecule has 0 radical (unpaired) electrons. The maximum absolute atomic E-state index is 14.0. The van der Waals surface area contributed by atoms with Crippen molar-refractivity contribution in [2.45, 2.75) is 38.3 Å². The number of ketones is 4. The molecule has 1 aromatic rings. The van der Waals surface area contributed by atoms with Gasteiger partial charge in [-0.3, -0.25) is 33.7 Å². The number of hydrogen-bond donors (Lipinski definition) is 3. The third-order valence-corrected chi connectivity index (χ3v) is 8.29. The van der Waals surface area contributed by atoms with E-state index in [9.17, 15) is 39.0 Å². The van der Waals surface area contributed by atoms with Crippen LogP contribution in [0.3, 0.4) is 0 Å². The molecular formula is C24H25ClN2O8. The lowest BCUT2D eigenvalue weighted by Gasteiger charge is -2.61. The molecule has 3 aliphatic carbocycles. The standard InChI is InChI=1S/C24H25ClN2O8/c1-22-7-10-9(20(25)33)5-6-11(28)12(10)15(29)14(22)19(32)24(35)18(31)13(21(26)34)16(30)17(27(3)4)23(24,2)8-22/h5-6,13-14,17,28,35H,7-8H2,1-4H3,(H2,26,34)/t13?,14?,17-,22+,23+,24-/m1/s1. The fourth-order valence-corrected chi connectivity index (χ4v) is 7.08. The molecule has 6 atom stereocenters. The molecule has 2 saturated carbocycles. The Labute approximate surface area is 205 Å². The van der Waals surface area contributed by atoms with Crippen LogP contribution in [0.15, 0.2) is 12.1 Å². The van der Waals surface area contributed by atoms with Crippen molar-refractivity contribution >= 4 is 45.9 Å². The van der Waals surface area contributed by atoms with Gasteiger partial charge >= 0.3 is 0 Å². The van der Waals surface area contributed by atoms with Gasteiger partial charge in [0, 0.05) is 11.0 Å². The van der Waals surface area contributed by atoms with E-state index in [0.717, 1.165) is 6.07 Å². The Morgan fingerprint density at radius 3 is 2.23 bits per heavy atom. The summed E-state index contributed by atoms with van der Waals surface area (Å²) in [6.45, 7) is 3.00. The SMILES string of the molecule is CN(C)[C@@H]1C(=O)C(C(N)=O)C(=O)[C@@]2(O)C(=O)C3C(=O)c4c(O)ccc(C(=O)Cl)c4C[C@@]3(C)C[C@@]12C. The van der Waals surface area contributed by atoms with E-state index in [4.69, 9.17) is 17.3 Å². The van der Waals surface area contributed by atoms with Crippen LogP contribution >= 0.6 is 11.6 Å². The molecule has 10 nitrogen and oxygen atoms in total. The van der Waals surface area contributed by atoms with Crippen LogP contribution in [0.5, 0.6) is 5.75 Å². The summed E-state index contributed by atoms with van der Waals surface area (Å²) in [4.78, 5) is 79.9. The van der Waals surface area contributed by atoms with E-state index in [1.807, 2.05) is 0 Å². The average molecular weight is 505 g/mol. The molecule has 1 aromatic carbocycles. The number of phenols is 1. The number of aliphatic hydroxyl groups is 1. The van der Waals surface area contributed by atoms with E-state index in [2.05, 4.69) is 0 Å². The highest BCUT2D eigenvalue weighted by molar-refractivity contribution is 6.68. The monoisotopic (exact) mass is 504 g/mol. The van der Waals surface area contributed by atoms with Crippen LogP contribution in [-0.2, 0) is 25.6 Å². The number of amides is 1. The van der Waals surface area contributed by atoms with Gasteiger partial charge in [-0.25, -0.2) is 0 Å². The lowest BCUT2D eigenvalue weighted by molar-refractivity contribution is -0.203. The van der Waals surface area contributed by atoms with Crippen molar-refractivity contribution < 1.29 is 39.0 Å². The maximum Gasteiger partial charge on any atom is 0.252 e. The Hall–Kier alpha value is -2.95. The second kappa shape index (κ2) is 7.52. The highest BCUT2D eigenvalue weighted by atomic mass is 35.5. The van der Waals surface area contributed by atoms with Crippen LogP contribution in [0, 0.1) is 22.7 Å². The first-order chi connectivity index (χ1) is 16.0. The Kier molecular flexibility index (Phi) is 5.41. The summed E-state index contributed by atoms with van der Waals surface area (Å²) in [6, 6.07) is 1.12. The van der Waals surface area contributed by atoms with Crippen molar-refractivity contribution in [2.75, 3.05) is 14.1 Å². The van der Waals surface area contributed by atoms with Gasteiger partial charge in [0.25, 0.3) is 5.24 Å². The lowest BCUT2D eigenvalue weighted by Crippen LogP contribution is -2.79. The number of nitrogens with two attached hydrogens (primary N) is 1. The molecule has 0 heterocycles. The number of phenolic OH excluding ortho intramolecular Hbond substituents is 1. The molecule has 4 N–H and O–H groups in total. The molecule has 4 rings (SSSR count). The molecule has 3 aliphatic rings. The number of rotatable bonds is 3. The number of halogens is 1. The lowest BCUT2D eigenvalue weighted by atomic mass is 9.42. The highest BCUT2D eigenvalue weighted by Crippen LogP contribution is 2.61. The predicted octanol–water partition coefficient (Wildman–Crippen LogP) is 0.0262. The van der Waals surface area contributed by atoms with Crippen molar-refractivity contribution in [3.63, 3.8) is 0 Å². The second-order valence-corrected chi connectivity index (χ2v) is 10.9. The highest BCUT2D eigenvalue weighted by Gasteiger charge is 2.76. The van der Waals surface area contributed by atoms with Gasteiger partial charge in [-0.05, 0) is 61.6 Å². The van der Waals surface area contributed by atoms with Gasteiger partial charge in [0.2, 0.25) is 5.91 Å². The van der Waals surface area contributed by atoms with Crippen LogP contribution in [0.1, 0.15) is 46.5 Å². The smallest absolute Gasteiger partial charge is 0.252 e. The zero-order chi connectivity index (χ0) is 26.4. The number of nitrogens with zero attached hydrogens (tertiary/aromatic N) is 1. The number of carbonyl (C=O) groups is 6. The maximum atomic E-state index is 14.0. The molecule has 0 bridgehead atoms. The van der Waals surface area contributed by atoms with E-state index in [1.54, 1.807) is 6.92 Å². The molecule has 186 valence electrons. The summed E-state index contributed by atoms with van der Waals surface area (Å²) in [7, 11) is 3.01. The van der Waals surface area contributed by atoms with Gasteiger partial charge in [-0.15, -0.1) is 0 Å². The van der Waals surface area contributed by atoms with E-state index >= 15 is 0 Å². The zero-order valence-corrected chi connectivity index (χ0v) is 20.3. The number of carbonyl (C=O) groups excluding carboxylic acids is 6. The number of benzene rings is 1. The Balaban J connectivity index is 2.01. The first kappa shape index (κ1) is 25.2. The zero-order valence-electron chi connectivity index (χ0n) is 19.5. The van der Waals surface area contributed by atoms with E-state index in [0.29, 0.717) is 0 Å². The van der Waals surface area contributed by atoms with Crippen molar-refractivity contribution in [1.29, 1.82) is 0 Å². The molecule has 35 heavy (non-hydrogen) atoms. The molecule has 11 heteroatoms. The summed E-state index contributed by atoms with van der Waals surface area (Å²) >= 11 is 5.72. The fourth-order valence-electron chi connectivity index (χ4n) is 6.90. The molecule has 1 amide bonds. The van der Waals surface area contributed by atoms with Crippen LogP contribution in [0.2, 0.25) is 0 Å². The van der Waals surface area contributed by atoms with E-state index < -0.39 is 74.3 Å². The van der Waals surface area contributed by atoms with Crippen molar-refractivity contribution in [1.82, 2.24) is 4.90 Å². The second-order valence-electron chi connectivity index (χ2n) is 10.5. The summed E-state index contributed by atoms with van der Waals surface area (Å²) in [5.41, 5.74) is -0.686. The van der Waals surface area contributed by atoms with E-state index in [1.165, 1.54) is 32.0 Å². The largest absolute Gasteiger partial charge is 0.507 e. The Morgan fingerprint density at radius 1 is 1.11 bits per heavy atom. The summed E-state index contributed by atoms with van der Waals surface area (Å²) < 4.78 is 0. The predicted molar refractivity (Wildman–Crippen MR) is 121 cm³/mol. The minimum absolute atomic E-state index is 0.0142. The number of aromatic hydroxyl groups is 1. The molecule has 2 unspecified atom stereocenters. The van der Waals surface area contributed by atoms with Crippen molar-refractivity contribution in [3.8, 4) is 5.75 Å². The normalized spacial score (nSPS) is 36.5. The number of fused-ring (bicyclic) bond motifs is 3. The van der Waals surface area contributed by atoms with Gasteiger partial charge in [-0.1, -0.05) is 13.8 Å². The van der Waals surface area contributed by atoms with Gasteiger partial charge in [0.15, 0.2) is 34.7 Å². The van der Waals surface area contributed by atoms with Crippen LogP contribution in [0.4, 0.5) is 0 Å². The number of likely N-dealkylation sites (N-methyl/N-ethyl adjacent to an activating group) is 1. The number of Topliss-reactive ketones (excluding diaryl/α,β-unsaturated/α-hetero) is 4. The summed E-state index contributed by atoms with van der Waals surface area (Å²) in [5, 5.41) is 21.4. The van der Waals surface area contributed by atoms with E-state index in [-0.39, 0.29) is 29.5 Å². The Morgan fingerprint density at radius 2 is 1.71 bits per heavy atom. The first-order valence-corrected chi connectivity index (χ1v) is 11.3. The number of primary amides is 1. The van der Waals surface area contributed by atoms with Crippen LogP contribution < -0.4 is 5.73 Å². The molecular weight excluding hydrogens is 480 g/mol. The average Bonchev–Trinajstić information content (AvgIpc) is 2.69. The van der Waals surface area contributed by atoms with Crippen LogP contribution in [-0.4, -0.2) is 75.1 Å². The van der Waals surface area contributed by atoms with Crippen molar-refractivity contribution in [3.05, 3.63) is 28.8 Å². The minimum Gasteiger partial charge on any atom is -0.507 e. The van der Waals surface area contributed by atoms with Gasteiger partial charge in [0.1, 0.15) is 5.75 Å². The summed E-state index contributed by atoms with van der Waals surface area (Å²) in [5.74, 6) is -9.67. The van der Waals surface area contributed by atoms with Gasteiger partial charge in [-0.2, -0.15) is 0 Å². The molecule has 0 aromatic heterocycles. The minimum atomic E-state index is -2.87. The molecule has 2 fully saturated rings. The van der Waals surface area contributed by atoms with Gasteiger partial charge in [0.05, 0.1) is 17.5 Å². The van der Waals surface area contributed by atoms with Crippen molar-refractivity contribution in [2.24, 2.45) is 28.4 Å². The third kappa shape index (κ3) is 2.96. The first-order valence-electron chi connectivity index (χ1n) is 10.9. The molecule has 0 saturated heterocycles. The topological polar surface area (TPSA) is 172 Å². The van der Waals surface area contributed by atoms with Crippen LogP contribution in [0.25, 0.3) is 0 Å². The summed E-state index contributed by atoms with van der Waals surface area (Å²) in [6.07, 6.45) is -0.240.